The van der Waals surface area contributed by atoms with Crippen LogP contribution in [0.2, 0.25) is 0 Å². The molecule has 0 spiro atoms. The topological polar surface area (TPSA) is 42.0 Å². The van der Waals surface area contributed by atoms with Gasteiger partial charge < -0.3 is 5.32 Å². The van der Waals surface area contributed by atoms with Gasteiger partial charge in [0.2, 0.25) is 5.91 Å². The summed E-state index contributed by atoms with van der Waals surface area (Å²) in [5.41, 5.74) is 1.66. The zero-order chi connectivity index (χ0) is 21.3. The van der Waals surface area contributed by atoms with Crippen molar-refractivity contribution in [1.29, 1.82) is 0 Å². The highest BCUT2D eigenvalue weighted by Gasteiger charge is 2.06. The molecule has 162 valence electrons. The zero-order valence-electron chi connectivity index (χ0n) is 18.6. The van der Waals surface area contributed by atoms with Gasteiger partial charge in [-0.25, -0.2) is 0 Å². The van der Waals surface area contributed by atoms with E-state index in [-0.39, 0.29) is 5.91 Å². The molecule has 1 amide bonds. The van der Waals surface area contributed by atoms with E-state index in [9.17, 15) is 4.79 Å². The Morgan fingerprint density at radius 3 is 2.37 bits per heavy atom. The number of unbranched alkanes of at least 4 members (excludes halogenated alkanes) is 8. The number of benzene rings is 1. The Morgan fingerprint density at radius 2 is 1.57 bits per heavy atom. The number of carbonyl (C=O) groups is 1. The maximum absolute atomic E-state index is 12.2. The summed E-state index contributed by atoms with van der Waals surface area (Å²) in [5.74, 6) is 0.0823. The summed E-state index contributed by atoms with van der Waals surface area (Å²) >= 11 is 0. The van der Waals surface area contributed by atoms with E-state index in [1.54, 1.807) is 6.20 Å². The molecule has 2 rings (SSSR count). The van der Waals surface area contributed by atoms with Gasteiger partial charge in [-0.15, -0.1) is 0 Å². The third-order valence-corrected chi connectivity index (χ3v) is 5.26. The number of hydrogen-bond acceptors (Lipinski definition) is 2. The van der Waals surface area contributed by atoms with E-state index in [2.05, 4.69) is 41.5 Å². The Kier molecular flexibility index (Phi) is 12.3. The van der Waals surface area contributed by atoms with Crippen LogP contribution in [0.1, 0.15) is 84.0 Å². The molecule has 30 heavy (non-hydrogen) atoms. The first kappa shape index (κ1) is 23.9. The van der Waals surface area contributed by atoms with Crippen molar-refractivity contribution in [1.82, 2.24) is 4.98 Å². The number of nitrogens with zero attached hydrogens (tertiary/aromatic N) is 1. The lowest BCUT2D eigenvalue weighted by atomic mass is 10.1. The number of amides is 1. The molecule has 2 aromatic rings. The lowest BCUT2D eigenvalue weighted by molar-refractivity contribution is -0.116. The van der Waals surface area contributed by atoms with Crippen LogP contribution in [0, 0.1) is 0 Å². The summed E-state index contributed by atoms with van der Waals surface area (Å²) in [6.45, 7) is 2.24. The Morgan fingerprint density at radius 1 is 0.867 bits per heavy atom. The molecule has 0 saturated heterocycles. The molecule has 0 atom stereocenters. The Hall–Kier alpha value is -2.42. The lowest BCUT2D eigenvalue weighted by Gasteiger charge is -2.08. The molecule has 0 aliphatic carbocycles. The normalized spacial score (nSPS) is 11.6. The third-order valence-electron chi connectivity index (χ3n) is 5.26. The van der Waals surface area contributed by atoms with Gasteiger partial charge in [0, 0.05) is 18.0 Å². The van der Waals surface area contributed by atoms with Gasteiger partial charge in [0.25, 0.3) is 0 Å². The molecule has 0 unspecified atom stereocenters. The fraction of sp³-hybridized carbons (Fsp3) is 0.481. The van der Waals surface area contributed by atoms with E-state index in [1.807, 2.05) is 30.3 Å². The zero-order valence-corrected chi connectivity index (χ0v) is 18.6. The van der Waals surface area contributed by atoms with Crippen LogP contribution < -0.4 is 5.32 Å². The molecule has 0 fully saturated rings. The summed E-state index contributed by atoms with van der Waals surface area (Å²) in [6, 6.07) is 9.81. The number of para-hydroxylation sites is 1. The van der Waals surface area contributed by atoms with Crippen molar-refractivity contribution >= 4 is 22.5 Å². The van der Waals surface area contributed by atoms with Crippen LogP contribution in [0.5, 0.6) is 0 Å². The van der Waals surface area contributed by atoms with Crippen molar-refractivity contribution in [2.75, 3.05) is 5.32 Å². The first-order chi connectivity index (χ1) is 14.8. The summed E-state index contributed by atoms with van der Waals surface area (Å²) in [5, 5.41) is 4.07. The second-order valence-corrected chi connectivity index (χ2v) is 7.91. The van der Waals surface area contributed by atoms with Crippen molar-refractivity contribution < 1.29 is 4.79 Å². The number of pyridine rings is 1. The standard InChI is InChI=1S/C27H38N2O/c1-2-3-4-5-6-7-8-9-10-11-12-13-14-15-16-22-26(30)29-25-21-17-19-24-20-18-23-28-27(24)25/h6-7,9-10,17-21,23H,2-5,8,11-16,22H2,1H3,(H,29,30)/b7-6+,10-9+. The molecule has 1 N–H and O–H groups in total. The van der Waals surface area contributed by atoms with Gasteiger partial charge in [-0.05, 0) is 50.7 Å². The average molecular weight is 407 g/mol. The smallest absolute Gasteiger partial charge is 0.224 e. The maximum atomic E-state index is 12.2. The van der Waals surface area contributed by atoms with E-state index >= 15 is 0 Å². The van der Waals surface area contributed by atoms with E-state index < -0.39 is 0 Å². The van der Waals surface area contributed by atoms with Crippen LogP contribution >= 0.6 is 0 Å². The molecule has 1 aromatic heterocycles. The minimum atomic E-state index is 0.0823. The number of anilines is 1. The van der Waals surface area contributed by atoms with E-state index in [1.165, 1.54) is 44.9 Å². The number of hydrogen-bond donors (Lipinski definition) is 1. The summed E-state index contributed by atoms with van der Waals surface area (Å²) < 4.78 is 0. The molecule has 0 radical (unpaired) electrons. The molecule has 0 aliphatic rings. The summed E-state index contributed by atoms with van der Waals surface area (Å²) in [6.07, 6.45) is 24.7. The number of allylic oxidation sites excluding steroid dienone is 4. The fourth-order valence-corrected chi connectivity index (χ4v) is 3.51. The average Bonchev–Trinajstić information content (AvgIpc) is 2.76. The van der Waals surface area contributed by atoms with Gasteiger partial charge >= 0.3 is 0 Å². The highest BCUT2D eigenvalue weighted by atomic mass is 16.1. The maximum Gasteiger partial charge on any atom is 0.224 e. The third kappa shape index (κ3) is 9.87. The van der Waals surface area contributed by atoms with Gasteiger partial charge in [-0.1, -0.05) is 81.5 Å². The number of carbonyl (C=O) groups excluding carboxylic acids is 1. The second kappa shape index (κ2) is 15.4. The summed E-state index contributed by atoms with van der Waals surface area (Å²) in [4.78, 5) is 16.6. The van der Waals surface area contributed by atoms with E-state index in [0.717, 1.165) is 42.3 Å². The number of aromatic nitrogens is 1. The monoisotopic (exact) mass is 406 g/mol. The van der Waals surface area contributed by atoms with Gasteiger partial charge in [-0.3, -0.25) is 9.78 Å². The molecular formula is C27H38N2O. The summed E-state index contributed by atoms with van der Waals surface area (Å²) in [7, 11) is 0. The van der Waals surface area contributed by atoms with Gasteiger partial charge in [0.05, 0.1) is 11.2 Å². The van der Waals surface area contributed by atoms with Gasteiger partial charge in [0.15, 0.2) is 0 Å². The molecule has 3 heteroatoms. The van der Waals surface area contributed by atoms with Crippen molar-refractivity contribution in [2.45, 2.75) is 84.0 Å². The molecule has 3 nitrogen and oxygen atoms in total. The van der Waals surface area contributed by atoms with Gasteiger partial charge in [0.1, 0.15) is 0 Å². The van der Waals surface area contributed by atoms with Crippen LogP contribution in [0.4, 0.5) is 5.69 Å². The van der Waals surface area contributed by atoms with Crippen molar-refractivity contribution in [3.05, 3.63) is 60.8 Å². The largest absolute Gasteiger partial charge is 0.324 e. The van der Waals surface area contributed by atoms with Crippen molar-refractivity contribution in [2.24, 2.45) is 0 Å². The van der Waals surface area contributed by atoms with Crippen LogP contribution in [0.25, 0.3) is 10.9 Å². The van der Waals surface area contributed by atoms with Crippen molar-refractivity contribution in [3.63, 3.8) is 0 Å². The Bertz CT molecular complexity index is 789. The Balaban J connectivity index is 1.48. The van der Waals surface area contributed by atoms with Crippen LogP contribution in [-0.2, 0) is 4.79 Å². The molecule has 0 saturated carbocycles. The minimum Gasteiger partial charge on any atom is -0.324 e. The van der Waals surface area contributed by atoms with Crippen LogP contribution in [0.15, 0.2) is 60.8 Å². The quantitative estimate of drug-likeness (QED) is 0.240. The first-order valence-electron chi connectivity index (χ1n) is 11.7. The highest BCUT2D eigenvalue weighted by Crippen LogP contribution is 2.21. The lowest BCUT2D eigenvalue weighted by Crippen LogP contribution is -2.11. The second-order valence-electron chi connectivity index (χ2n) is 7.91. The van der Waals surface area contributed by atoms with Crippen molar-refractivity contribution in [3.8, 4) is 0 Å². The molecule has 0 bridgehead atoms. The van der Waals surface area contributed by atoms with Gasteiger partial charge in [-0.2, -0.15) is 0 Å². The predicted octanol–water partition coefficient (Wildman–Crippen LogP) is 7.99. The van der Waals surface area contributed by atoms with Crippen LogP contribution in [0.3, 0.4) is 0 Å². The molecule has 0 aliphatic heterocycles. The minimum absolute atomic E-state index is 0.0823. The predicted molar refractivity (Wildman–Crippen MR) is 130 cm³/mol. The number of rotatable bonds is 15. The number of fused-ring (bicyclic) bond motifs is 1. The first-order valence-corrected chi connectivity index (χ1v) is 11.7. The number of nitrogens with one attached hydrogen (secondary N) is 1. The Labute approximate surface area is 182 Å². The highest BCUT2D eigenvalue weighted by molar-refractivity contribution is 6.00. The SMILES string of the molecule is CCCCC/C=C/C/C=C/CCCCCCCC(=O)Nc1cccc2cccnc12. The van der Waals surface area contributed by atoms with E-state index in [4.69, 9.17) is 0 Å². The molecular weight excluding hydrogens is 368 g/mol. The molecule has 1 heterocycles. The molecule has 1 aromatic carbocycles. The van der Waals surface area contributed by atoms with Crippen LogP contribution in [-0.4, -0.2) is 10.9 Å². The fourth-order valence-electron chi connectivity index (χ4n) is 3.51. The van der Waals surface area contributed by atoms with E-state index in [0.29, 0.717) is 6.42 Å².